The van der Waals surface area contributed by atoms with E-state index in [0.29, 0.717) is 5.92 Å². The first kappa shape index (κ1) is 15.7. The number of hydrazone groups is 1. The number of fused-ring (bicyclic) bond motifs is 3. The second-order valence-corrected chi connectivity index (χ2v) is 8.60. The molecule has 1 aromatic carbocycles. The Morgan fingerprint density at radius 2 is 2.04 bits per heavy atom. The highest BCUT2D eigenvalue weighted by Gasteiger charge is 2.43. The van der Waals surface area contributed by atoms with E-state index in [-0.39, 0.29) is 12.3 Å². The molecule has 0 unspecified atom stereocenters. The molecule has 1 fully saturated rings. The van der Waals surface area contributed by atoms with Gasteiger partial charge in [0.25, 0.3) is 0 Å². The van der Waals surface area contributed by atoms with Crippen LogP contribution in [0.1, 0.15) is 55.0 Å². The van der Waals surface area contributed by atoms with Crippen LogP contribution in [0.15, 0.2) is 40.8 Å². The predicted octanol–water partition coefficient (Wildman–Crippen LogP) is 5.85. The number of halogens is 1. The first-order valence-electron chi connectivity index (χ1n) is 9.15. The molecule has 5 heteroatoms. The van der Waals surface area contributed by atoms with Crippen molar-refractivity contribution in [3.05, 3.63) is 51.2 Å². The number of ether oxygens (including phenoxy) is 1. The zero-order chi connectivity index (χ0) is 16.8. The van der Waals surface area contributed by atoms with Gasteiger partial charge in [0.1, 0.15) is 5.75 Å². The zero-order valence-electron chi connectivity index (χ0n) is 14.0. The van der Waals surface area contributed by atoms with Crippen LogP contribution in [-0.4, -0.2) is 16.9 Å². The largest absolute Gasteiger partial charge is 0.468 e. The normalized spacial score (nSPS) is 26.0. The van der Waals surface area contributed by atoms with E-state index in [4.69, 9.17) is 21.4 Å². The van der Waals surface area contributed by atoms with E-state index in [9.17, 15) is 0 Å². The summed E-state index contributed by atoms with van der Waals surface area (Å²) in [7, 11) is 0. The molecule has 3 aliphatic rings. The molecule has 1 aliphatic carbocycles. The van der Waals surface area contributed by atoms with Crippen molar-refractivity contribution < 1.29 is 4.74 Å². The minimum absolute atomic E-state index is 0.0523. The third kappa shape index (κ3) is 2.76. The van der Waals surface area contributed by atoms with Gasteiger partial charge < -0.3 is 4.74 Å². The van der Waals surface area contributed by atoms with Crippen molar-refractivity contribution in [2.45, 2.75) is 50.8 Å². The van der Waals surface area contributed by atoms with Gasteiger partial charge in [-0.15, -0.1) is 11.3 Å². The van der Waals surface area contributed by atoms with Crippen molar-refractivity contribution in [2.75, 3.05) is 0 Å². The maximum Gasteiger partial charge on any atom is 0.190 e. The number of hydrogen-bond donors (Lipinski definition) is 0. The second kappa shape index (κ2) is 6.33. The fraction of sp³-hybridized carbons (Fsp3) is 0.450. The number of benzene rings is 1. The summed E-state index contributed by atoms with van der Waals surface area (Å²) in [5, 5.41) is 10.2. The summed E-state index contributed by atoms with van der Waals surface area (Å²) in [4.78, 5) is 1.26. The monoisotopic (exact) mass is 372 g/mol. The molecule has 2 aromatic rings. The van der Waals surface area contributed by atoms with Crippen molar-refractivity contribution in [1.29, 1.82) is 0 Å². The second-order valence-electron chi connectivity index (χ2n) is 7.21. The van der Waals surface area contributed by atoms with Crippen LogP contribution in [0, 0.1) is 5.92 Å². The van der Waals surface area contributed by atoms with Gasteiger partial charge in [-0.05, 0) is 42.5 Å². The van der Waals surface area contributed by atoms with Crippen LogP contribution in [0.2, 0.25) is 5.02 Å². The van der Waals surface area contributed by atoms with Crippen LogP contribution in [-0.2, 0) is 0 Å². The predicted molar refractivity (Wildman–Crippen MR) is 102 cm³/mol. The molecule has 5 rings (SSSR count). The fourth-order valence-electron chi connectivity index (χ4n) is 4.41. The maximum atomic E-state index is 6.47. The van der Waals surface area contributed by atoms with E-state index in [1.807, 2.05) is 12.1 Å². The highest BCUT2D eigenvalue weighted by molar-refractivity contribution is 7.12. The van der Waals surface area contributed by atoms with Gasteiger partial charge in [0, 0.05) is 22.9 Å². The molecule has 0 radical (unpaired) electrons. The number of thiophene rings is 1. The average Bonchev–Trinajstić information content (AvgIpc) is 3.31. The smallest absolute Gasteiger partial charge is 0.190 e. The molecule has 3 heterocycles. The van der Waals surface area contributed by atoms with Gasteiger partial charge in [-0.3, -0.25) is 0 Å². The Balaban J connectivity index is 1.55. The highest BCUT2D eigenvalue weighted by Crippen LogP contribution is 2.47. The van der Waals surface area contributed by atoms with Gasteiger partial charge in [-0.2, -0.15) is 5.10 Å². The Labute approximate surface area is 157 Å². The van der Waals surface area contributed by atoms with Gasteiger partial charge in [-0.1, -0.05) is 36.9 Å². The molecule has 2 aliphatic heterocycles. The van der Waals surface area contributed by atoms with Gasteiger partial charge in [0.05, 0.1) is 16.6 Å². The first-order valence-corrected chi connectivity index (χ1v) is 10.4. The molecule has 1 saturated carbocycles. The molecule has 0 N–H and O–H groups in total. The lowest BCUT2D eigenvalue weighted by molar-refractivity contribution is -0.0643. The van der Waals surface area contributed by atoms with Gasteiger partial charge in [0.2, 0.25) is 0 Å². The fourth-order valence-corrected chi connectivity index (χ4v) is 5.31. The van der Waals surface area contributed by atoms with Crippen LogP contribution < -0.4 is 4.74 Å². The van der Waals surface area contributed by atoms with Gasteiger partial charge >= 0.3 is 0 Å². The molecule has 0 spiro atoms. The number of hydrogen-bond acceptors (Lipinski definition) is 4. The standard InChI is InChI=1S/C20H21ClN2OS/c21-14-8-9-18-15(11-14)17-12-16(19-7-4-10-25-19)22-23(17)20(24-18)13-5-2-1-3-6-13/h4,7-11,13,17,20H,1-3,5-6,12H2/t17-,20+/m0/s1. The minimum atomic E-state index is 0.0523. The molecule has 130 valence electrons. The molecule has 2 atom stereocenters. The molecule has 1 aromatic heterocycles. The van der Waals surface area contributed by atoms with Crippen LogP contribution in [0.5, 0.6) is 5.75 Å². The number of nitrogens with zero attached hydrogens (tertiary/aromatic N) is 2. The van der Waals surface area contributed by atoms with Crippen LogP contribution in [0.3, 0.4) is 0 Å². The summed E-state index contributed by atoms with van der Waals surface area (Å²) in [6.45, 7) is 0. The lowest BCUT2D eigenvalue weighted by Gasteiger charge is -2.42. The minimum Gasteiger partial charge on any atom is -0.468 e. The Hall–Kier alpha value is -1.52. The highest BCUT2D eigenvalue weighted by atomic mass is 35.5. The molecule has 0 saturated heterocycles. The molecule has 25 heavy (non-hydrogen) atoms. The lowest BCUT2D eigenvalue weighted by atomic mass is 9.86. The third-order valence-corrected chi connectivity index (χ3v) is 6.79. The van der Waals surface area contributed by atoms with E-state index < -0.39 is 0 Å². The molecule has 0 amide bonds. The molecular weight excluding hydrogens is 352 g/mol. The molecule has 3 nitrogen and oxygen atoms in total. The van der Waals surface area contributed by atoms with Crippen LogP contribution in [0.4, 0.5) is 0 Å². The summed E-state index contributed by atoms with van der Waals surface area (Å²) in [5.41, 5.74) is 2.35. The average molecular weight is 373 g/mol. The quantitative estimate of drug-likeness (QED) is 0.660. The van der Waals surface area contributed by atoms with E-state index in [2.05, 4.69) is 28.6 Å². The Morgan fingerprint density at radius 1 is 1.16 bits per heavy atom. The zero-order valence-corrected chi connectivity index (χ0v) is 15.6. The maximum absolute atomic E-state index is 6.47. The van der Waals surface area contributed by atoms with Crippen molar-refractivity contribution in [3.8, 4) is 5.75 Å². The first-order chi connectivity index (χ1) is 12.3. The summed E-state index contributed by atoms with van der Waals surface area (Å²) in [6.07, 6.45) is 7.41. The van der Waals surface area contributed by atoms with Crippen molar-refractivity contribution in [3.63, 3.8) is 0 Å². The van der Waals surface area contributed by atoms with Crippen molar-refractivity contribution >= 4 is 28.6 Å². The van der Waals surface area contributed by atoms with E-state index in [1.54, 1.807) is 11.3 Å². The summed E-state index contributed by atoms with van der Waals surface area (Å²) in [6, 6.07) is 10.5. The molecule has 0 bridgehead atoms. The van der Waals surface area contributed by atoms with Crippen molar-refractivity contribution in [1.82, 2.24) is 5.01 Å². The van der Waals surface area contributed by atoms with Crippen molar-refractivity contribution in [2.24, 2.45) is 11.0 Å². The third-order valence-electron chi connectivity index (χ3n) is 5.64. The SMILES string of the molecule is Clc1ccc2c(c1)[C@@H]1CC(c3cccs3)=NN1[C@@H](C1CCCCC1)O2. The van der Waals surface area contributed by atoms with E-state index >= 15 is 0 Å². The van der Waals surface area contributed by atoms with Crippen LogP contribution in [0.25, 0.3) is 0 Å². The Morgan fingerprint density at radius 3 is 2.84 bits per heavy atom. The summed E-state index contributed by atoms with van der Waals surface area (Å²) >= 11 is 8.04. The summed E-state index contributed by atoms with van der Waals surface area (Å²) in [5.74, 6) is 1.55. The van der Waals surface area contributed by atoms with Gasteiger partial charge in [0.15, 0.2) is 6.23 Å². The van der Waals surface area contributed by atoms with Gasteiger partial charge in [-0.25, -0.2) is 5.01 Å². The Bertz CT molecular complexity index is 798. The van der Waals surface area contributed by atoms with Crippen LogP contribution >= 0.6 is 22.9 Å². The summed E-state index contributed by atoms with van der Waals surface area (Å²) < 4.78 is 6.47. The Kier molecular flexibility index (Phi) is 3.98. The molecular formula is C20H21ClN2OS. The van der Waals surface area contributed by atoms with E-state index in [1.165, 1.54) is 48.3 Å². The van der Waals surface area contributed by atoms with E-state index in [0.717, 1.165) is 17.2 Å². The number of rotatable bonds is 2. The topological polar surface area (TPSA) is 24.8 Å². The lowest BCUT2D eigenvalue weighted by Crippen LogP contribution is -2.45.